The Bertz CT molecular complexity index is 299. The summed E-state index contributed by atoms with van der Waals surface area (Å²) in [5.74, 6) is 0. The maximum absolute atomic E-state index is 5.50. The van der Waals surface area contributed by atoms with Gasteiger partial charge in [-0.1, -0.05) is 6.92 Å². The van der Waals surface area contributed by atoms with Crippen molar-refractivity contribution in [2.24, 2.45) is 0 Å². The van der Waals surface area contributed by atoms with E-state index in [1.54, 1.807) is 11.3 Å². The quantitative estimate of drug-likeness (QED) is 0.808. The topological polar surface area (TPSA) is 43.4 Å². The minimum Gasteiger partial charge on any atom is -0.350 e. The Hall–Kier alpha value is -0.490. The molecule has 17 heavy (non-hydrogen) atoms. The van der Waals surface area contributed by atoms with Crippen LogP contribution in [0.5, 0.6) is 0 Å². The maximum atomic E-state index is 5.50. The molecule has 1 atom stereocenters. The van der Waals surface area contributed by atoms with Crippen LogP contribution in [-0.4, -0.2) is 37.1 Å². The van der Waals surface area contributed by atoms with E-state index < -0.39 is 0 Å². The predicted molar refractivity (Wildman–Crippen MR) is 68.2 cm³/mol. The van der Waals surface area contributed by atoms with Gasteiger partial charge in [0, 0.05) is 30.5 Å². The Kier molecular flexibility index (Phi) is 5.38. The zero-order valence-electron chi connectivity index (χ0n) is 10.2. The largest absolute Gasteiger partial charge is 0.350 e. The molecule has 0 spiro atoms. The first-order valence-electron chi connectivity index (χ1n) is 6.23. The van der Waals surface area contributed by atoms with Gasteiger partial charge in [0.25, 0.3) is 0 Å². The van der Waals surface area contributed by atoms with Crippen LogP contribution in [0.1, 0.15) is 24.8 Å². The number of hydrogen-bond donors (Lipinski definition) is 1. The van der Waals surface area contributed by atoms with E-state index in [1.165, 1.54) is 5.01 Å². The summed E-state index contributed by atoms with van der Waals surface area (Å²) in [4.78, 5) is 4.34. The highest BCUT2D eigenvalue weighted by Crippen LogP contribution is 2.15. The summed E-state index contributed by atoms with van der Waals surface area (Å²) in [5.41, 5.74) is 0. The number of nitrogens with zero attached hydrogens (tertiary/aromatic N) is 1. The maximum Gasteiger partial charge on any atom is 0.159 e. The van der Waals surface area contributed by atoms with Crippen molar-refractivity contribution < 1.29 is 9.47 Å². The molecule has 96 valence electrons. The van der Waals surface area contributed by atoms with Crippen LogP contribution >= 0.6 is 11.3 Å². The van der Waals surface area contributed by atoms with Gasteiger partial charge in [-0.15, -0.1) is 11.3 Å². The lowest BCUT2D eigenvalue weighted by molar-refractivity contribution is -0.0526. The standard InChI is InChI=1S/C12H20N2O2S/c1-2-3-13-10(8-11-14-4-7-17-11)9-12-15-5-6-16-12/h4,7,10,12-13H,2-3,5-6,8-9H2,1H3. The molecular weight excluding hydrogens is 236 g/mol. The molecule has 1 aliphatic rings. The summed E-state index contributed by atoms with van der Waals surface area (Å²) in [6, 6.07) is 0.393. The van der Waals surface area contributed by atoms with Crippen molar-refractivity contribution in [3.63, 3.8) is 0 Å². The Morgan fingerprint density at radius 2 is 2.35 bits per heavy atom. The molecule has 4 nitrogen and oxygen atoms in total. The second-order valence-corrected chi connectivity index (χ2v) is 5.17. The SMILES string of the molecule is CCCNC(Cc1nccs1)CC1OCCO1. The van der Waals surface area contributed by atoms with Crippen LogP contribution in [-0.2, 0) is 15.9 Å². The fourth-order valence-electron chi connectivity index (χ4n) is 1.93. The third-order valence-electron chi connectivity index (χ3n) is 2.76. The molecule has 1 aromatic heterocycles. The second kappa shape index (κ2) is 7.06. The summed E-state index contributed by atoms with van der Waals surface area (Å²) < 4.78 is 11.0. The average molecular weight is 256 g/mol. The van der Waals surface area contributed by atoms with Crippen molar-refractivity contribution in [2.75, 3.05) is 19.8 Å². The van der Waals surface area contributed by atoms with E-state index in [0.717, 1.165) is 39.0 Å². The first-order chi connectivity index (χ1) is 8.38. The summed E-state index contributed by atoms with van der Waals surface area (Å²) in [6.45, 7) is 4.66. The van der Waals surface area contributed by atoms with Gasteiger partial charge < -0.3 is 14.8 Å². The summed E-state index contributed by atoms with van der Waals surface area (Å²) in [7, 11) is 0. The van der Waals surface area contributed by atoms with E-state index in [0.29, 0.717) is 6.04 Å². The van der Waals surface area contributed by atoms with E-state index in [1.807, 2.05) is 11.6 Å². The molecule has 0 aromatic carbocycles. The lowest BCUT2D eigenvalue weighted by Gasteiger charge is -2.20. The molecule has 0 saturated carbocycles. The molecular formula is C12H20N2O2S. The third kappa shape index (κ3) is 4.35. The van der Waals surface area contributed by atoms with Crippen LogP contribution in [0.4, 0.5) is 0 Å². The Balaban J connectivity index is 1.83. The van der Waals surface area contributed by atoms with Crippen molar-refractivity contribution in [1.82, 2.24) is 10.3 Å². The van der Waals surface area contributed by atoms with Crippen molar-refractivity contribution in [1.29, 1.82) is 0 Å². The van der Waals surface area contributed by atoms with E-state index in [9.17, 15) is 0 Å². The van der Waals surface area contributed by atoms with Crippen LogP contribution in [0.2, 0.25) is 0 Å². The van der Waals surface area contributed by atoms with Gasteiger partial charge in [-0.3, -0.25) is 0 Å². The monoisotopic (exact) mass is 256 g/mol. The van der Waals surface area contributed by atoms with E-state index in [2.05, 4.69) is 17.2 Å². The van der Waals surface area contributed by atoms with E-state index in [4.69, 9.17) is 9.47 Å². The first kappa shape index (κ1) is 13.0. The highest BCUT2D eigenvalue weighted by atomic mass is 32.1. The normalized spacial score (nSPS) is 18.6. The molecule has 1 N–H and O–H groups in total. The third-order valence-corrected chi connectivity index (χ3v) is 3.56. The minimum absolute atomic E-state index is 0.0377. The molecule has 0 aliphatic carbocycles. The van der Waals surface area contributed by atoms with Crippen molar-refractivity contribution in [2.45, 2.75) is 38.5 Å². The molecule has 1 unspecified atom stereocenters. The molecule has 1 fully saturated rings. The molecule has 2 rings (SSSR count). The highest BCUT2D eigenvalue weighted by molar-refractivity contribution is 7.09. The van der Waals surface area contributed by atoms with Gasteiger partial charge in [-0.05, 0) is 13.0 Å². The molecule has 0 amide bonds. The molecule has 5 heteroatoms. The van der Waals surface area contributed by atoms with Crippen LogP contribution in [0.3, 0.4) is 0 Å². The number of thiazole rings is 1. The van der Waals surface area contributed by atoms with Gasteiger partial charge in [-0.25, -0.2) is 4.98 Å². The molecule has 1 aliphatic heterocycles. The van der Waals surface area contributed by atoms with Gasteiger partial charge in [0.15, 0.2) is 6.29 Å². The Morgan fingerprint density at radius 1 is 1.53 bits per heavy atom. The zero-order valence-corrected chi connectivity index (χ0v) is 11.0. The van der Waals surface area contributed by atoms with Gasteiger partial charge in [0.05, 0.1) is 18.2 Å². The van der Waals surface area contributed by atoms with E-state index in [-0.39, 0.29) is 6.29 Å². The predicted octanol–water partition coefficient (Wildman–Crippen LogP) is 1.82. The smallest absolute Gasteiger partial charge is 0.159 e. The van der Waals surface area contributed by atoms with Gasteiger partial charge in [-0.2, -0.15) is 0 Å². The lowest BCUT2D eigenvalue weighted by Crippen LogP contribution is -2.35. The molecule has 1 saturated heterocycles. The number of aromatic nitrogens is 1. The van der Waals surface area contributed by atoms with Crippen LogP contribution in [0, 0.1) is 0 Å². The Labute approximate surface area is 106 Å². The second-order valence-electron chi connectivity index (χ2n) is 4.19. The summed E-state index contributed by atoms with van der Waals surface area (Å²) >= 11 is 1.71. The lowest BCUT2D eigenvalue weighted by atomic mass is 10.1. The molecule has 0 radical (unpaired) electrons. The summed E-state index contributed by atoms with van der Waals surface area (Å²) in [5, 5.41) is 6.74. The van der Waals surface area contributed by atoms with Crippen LogP contribution in [0.15, 0.2) is 11.6 Å². The average Bonchev–Trinajstić information content (AvgIpc) is 2.99. The van der Waals surface area contributed by atoms with E-state index >= 15 is 0 Å². The van der Waals surface area contributed by atoms with Crippen LogP contribution < -0.4 is 5.32 Å². The summed E-state index contributed by atoms with van der Waals surface area (Å²) in [6.07, 6.45) is 4.82. The zero-order chi connectivity index (χ0) is 11.9. The highest BCUT2D eigenvalue weighted by Gasteiger charge is 2.21. The molecule has 2 heterocycles. The first-order valence-corrected chi connectivity index (χ1v) is 7.11. The van der Waals surface area contributed by atoms with Crippen molar-refractivity contribution >= 4 is 11.3 Å². The Morgan fingerprint density at radius 3 is 3.00 bits per heavy atom. The number of nitrogens with one attached hydrogen (secondary N) is 1. The van der Waals surface area contributed by atoms with Crippen molar-refractivity contribution in [3.05, 3.63) is 16.6 Å². The van der Waals surface area contributed by atoms with Gasteiger partial charge in [0.1, 0.15) is 0 Å². The van der Waals surface area contributed by atoms with Gasteiger partial charge >= 0.3 is 0 Å². The van der Waals surface area contributed by atoms with Crippen LogP contribution in [0.25, 0.3) is 0 Å². The van der Waals surface area contributed by atoms with Crippen molar-refractivity contribution in [3.8, 4) is 0 Å². The fraction of sp³-hybridized carbons (Fsp3) is 0.750. The molecule has 1 aromatic rings. The molecule has 0 bridgehead atoms. The van der Waals surface area contributed by atoms with Gasteiger partial charge in [0.2, 0.25) is 0 Å². The minimum atomic E-state index is -0.0377. The number of rotatable bonds is 7. The number of hydrogen-bond acceptors (Lipinski definition) is 5. The number of ether oxygens (including phenoxy) is 2. The fourth-order valence-corrected chi connectivity index (χ4v) is 2.63.